The normalized spacial score (nSPS) is 29.1. The molecular weight excluding hydrogens is 157 g/mol. The van der Waals surface area contributed by atoms with Crippen molar-refractivity contribution in [3.63, 3.8) is 0 Å². The minimum Gasteiger partial charge on any atom is -0.425 e. The average molecular weight is 177 g/mol. The molecule has 0 bridgehead atoms. The van der Waals surface area contributed by atoms with Crippen LogP contribution in [0.5, 0.6) is 0 Å². The van der Waals surface area contributed by atoms with E-state index >= 15 is 0 Å². The zero-order chi connectivity index (χ0) is 10.1. The quantitative estimate of drug-likeness (QED) is 0.461. The summed E-state index contributed by atoms with van der Waals surface area (Å²) in [4.78, 5) is 2.28. The lowest BCUT2D eigenvalue weighted by Gasteiger charge is -2.43. The lowest BCUT2D eigenvalue weighted by molar-refractivity contribution is 0.238. The molecule has 0 unspecified atom stereocenters. The SMILES string of the molecule is BN1CCC[C@@](C)(CC(=C)C)C1=C. The van der Waals surface area contributed by atoms with Crippen molar-refractivity contribution in [3.8, 4) is 0 Å². The topological polar surface area (TPSA) is 3.24 Å². The summed E-state index contributed by atoms with van der Waals surface area (Å²) in [5, 5.41) is 0. The van der Waals surface area contributed by atoms with Crippen LogP contribution in [0.15, 0.2) is 24.4 Å². The summed E-state index contributed by atoms with van der Waals surface area (Å²) < 4.78 is 0. The summed E-state index contributed by atoms with van der Waals surface area (Å²) in [6.07, 6.45) is 3.61. The second-order valence-electron chi connectivity index (χ2n) is 4.67. The highest BCUT2D eigenvalue weighted by Gasteiger charge is 2.32. The first-order valence-corrected chi connectivity index (χ1v) is 5.00. The fraction of sp³-hybridized carbons (Fsp3) is 0.636. The van der Waals surface area contributed by atoms with E-state index in [0.29, 0.717) is 0 Å². The predicted molar refractivity (Wildman–Crippen MR) is 61.2 cm³/mol. The van der Waals surface area contributed by atoms with Gasteiger partial charge in [0, 0.05) is 12.0 Å². The van der Waals surface area contributed by atoms with Crippen LogP contribution >= 0.6 is 0 Å². The Hall–Kier alpha value is -0.655. The number of allylic oxidation sites excluding steroid dienone is 2. The highest BCUT2D eigenvalue weighted by atomic mass is 15.1. The van der Waals surface area contributed by atoms with Crippen LogP contribution in [-0.4, -0.2) is 19.3 Å². The Morgan fingerprint density at radius 3 is 2.85 bits per heavy atom. The van der Waals surface area contributed by atoms with E-state index in [1.807, 2.05) is 0 Å². The minimum absolute atomic E-state index is 0.263. The lowest BCUT2D eigenvalue weighted by atomic mass is 9.74. The maximum atomic E-state index is 4.19. The molecule has 2 heteroatoms. The summed E-state index contributed by atoms with van der Waals surface area (Å²) in [7, 11) is 2.14. The van der Waals surface area contributed by atoms with Crippen molar-refractivity contribution in [2.45, 2.75) is 33.1 Å². The van der Waals surface area contributed by atoms with E-state index in [1.165, 1.54) is 24.1 Å². The molecule has 0 amide bonds. The van der Waals surface area contributed by atoms with Gasteiger partial charge in [0.15, 0.2) is 0 Å². The molecule has 0 aromatic rings. The zero-order valence-electron chi connectivity index (χ0n) is 9.19. The molecule has 0 spiro atoms. The van der Waals surface area contributed by atoms with Gasteiger partial charge >= 0.3 is 0 Å². The Morgan fingerprint density at radius 2 is 2.31 bits per heavy atom. The van der Waals surface area contributed by atoms with Crippen molar-refractivity contribution in [2.75, 3.05) is 6.54 Å². The molecule has 1 rings (SSSR count). The molecule has 1 saturated heterocycles. The van der Waals surface area contributed by atoms with Crippen LogP contribution in [0.3, 0.4) is 0 Å². The lowest BCUT2D eigenvalue weighted by Crippen LogP contribution is -2.37. The van der Waals surface area contributed by atoms with Crippen molar-refractivity contribution in [3.05, 3.63) is 24.4 Å². The van der Waals surface area contributed by atoms with Gasteiger partial charge in [-0.2, -0.15) is 0 Å². The van der Waals surface area contributed by atoms with Crippen LogP contribution in [-0.2, 0) is 0 Å². The van der Waals surface area contributed by atoms with Crippen LogP contribution < -0.4 is 0 Å². The molecule has 0 radical (unpaired) electrons. The van der Waals surface area contributed by atoms with Gasteiger partial charge in [-0.15, -0.1) is 6.58 Å². The van der Waals surface area contributed by atoms with Gasteiger partial charge in [-0.3, -0.25) is 0 Å². The Balaban J connectivity index is 2.75. The average Bonchev–Trinajstić information content (AvgIpc) is 1.99. The standard InChI is InChI=1S/C11H20BN/c1-9(2)8-11(4)6-5-7-13(12)10(11)3/h1,3,5-8,12H2,2,4H3/t11-/m0/s1. The third kappa shape index (κ3) is 2.17. The van der Waals surface area contributed by atoms with E-state index in [1.54, 1.807) is 0 Å². The number of piperidine rings is 1. The largest absolute Gasteiger partial charge is 0.425 e. The number of hydrogen-bond acceptors (Lipinski definition) is 1. The van der Waals surface area contributed by atoms with E-state index in [0.717, 1.165) is 13.0 Å². The molecule has 1 fully saturated rings. The van der Waals surface area contributed by atoms with Gasteiger partial charge in [-0.25, -0.2) is 0 Å². The monoisotopic (exact) mass is 177 g/mol. The third-order valence-electron chi connectivity index (χ3n) is 3.07. The first kappa shape index (κ1) is 10.4. The van der Waals surface area contributed by atoms with Crippen molar-refractivity contribution in [1.82, 2.24) is 4.81 Å². The van der Waals surface area contributed by atoms with E-state index in [2.05, 4.69) is 39.8 Å². The molecule has 1 nitrogen and oxygen atoms in total. The molecule has 72 valence electrons. The van der Waals surface area contributed by atoms with Crippen LogP contribution in [0.1, 0.15) is 33.1 Å². The summed E-state index contributed by atoms with van der Waals surface area (Å²) in [5.41, 5.74) is 2.81. The molecule has 13 heavy (non-hydrogen) atoms. The van der Waals surface area contributed by atoms with Crippen LogP contribution in [0.4, 0.5) is 0 Å². The summed E-state index contributed by atoms with van der Waals surface area (Å²) in [5.74, 6) is 0. The molecule has 0 aliphatic carbocycles. The summed E-state index contributed by atoms with van der Waals surface area (Å²) in [6, 6.07) is 0. The van der Waals surface area contributed by atoms with Gasteiger partial charge in [0.1, 0.15) is 0 Å². The minimum atomic E-state index is 0.263. The first-order valence-electron chi connectivity index (χ1n) is 5.00. The molecule has 1 aliphatic rings. The van der Waals surface area contributed by atoms with Crippen LogP contribution in [0, 0.1) is 5.41 Å². The van der Waals surface area contributed by atoms with E-state index in [4.69, 9.17) is 0 Å². The Labute approximate surface area is 82.9 Å². The number of nitrogens with zero attached hydrogens (tertiary/aromatic N) is 1. The molecule has 1 aliphatic heterocycles. The molecule has 0 saturated carbocycles. The van der Waals surface area contributed by atoms with E-state index in [-0.39, 0.29) is 5.41 Å². The number of hydrogen-bond donors (Lipinski definition) is 0. The third-order valence-corrected chi connectivity index (χ3v) is 3.07. The maximum Gasteiger partial charge on any atom is 0.217 e. The van der Waals surface area contributed by atoms with Gasteiger partial charge in [0.2, 0.25) is 7.98 Å². The second kappa shape index (κ2) is 3.61. The van der Waals surface area contributed by atoms with Gasteiger partial charge in [-0.1, -0.05) is 19.1 Å². The van der Waals surface area contributed by atoms with Crippen LogP contribution in [0.2, 0.25) is 0 Å². The van der Waals surface area contributed by atoms with Crippen LogP contribution in [0.25, 0.3) is 0 Å². The predicted octanol–water partition coefficient (Wildman–Crippen LogP) is 2.12. The Kier molecular flexibility index (Phi) is 2.89. The second-order valence-corrected chi connectivity index (χ2v) is 4.67. The molecule has 0 N–H and O–H groups in total. The van der Waals surface area contributed by atoms with Crippen molar-refractivity contribution < 1.29 is 0 Å². The van der Waals surface area contributed by atoms with E-state index in [9.17, 15) is 0 Å². The van der Waals surface area contributed by atoms with Crippen molar-refractivity contribution in [2.24, 2.45) is 5.41 Å². The highest BCUT2D eigenvalue weighted by Crippen LogP contribution is 2.41. The van der Waals surface area contributed by atoms with Gasteiger partial charge in [0.05, 0.1) is 0 Å². The van der Waals surface area contributed by atoms with Gasteiger partial charge in [0.25, 0.3) is 0 Å². The van der Waals surface area contributed by atoms with Crippen molar-refractivity contribution in [1.29, 1.82) is 0 Å². The molecule has 0 aromatic carbocycles. The Morgan fingerprint density at radius 1 is 1.69 bits per heavy atom. The maximum absolute atomic E-state index is 4.19. The highest BCUT2D eigenvalue weighted by molar-refractivity contribution is 6.05. The van der Waals surface area contributed by atoms with Crippen molar-refractivity contribution >= 4 is 7.98 Å². The summed E-state index contributed by atoms with van der Waals surface area (Å²) >= 11 is 0. The fourth-order valence-corrected chi connectivity index (χ4v) is 2.30. The smallest absolute Gasteiger partial charge is 0.217 e. The molecule has 1 atom stereocenters. The van der Waals surface area contributed by atoms with Gasteiger partial charge < -0.3 is 4.81 Å². The zero-order valence-corrected chi connectivity index (χ0v) is 9.19. The number of rotatable bonds is 2. The molecule has 0 aromatic heterocycles. The van der Waals surface area contributed by atoms with Gasteiger partial charge in [-0.05, 0) is 31.9 Å². The molecular formula is C11H20BN. The van der Waals surface area contributed by atoms with E-state index < -0.39 is 0 Å². The molecule has 1 heterocycles. The summed E-state index contributed by atoms with van der Waals surface area (Å²) in [6.45, 7) is 13.7. The Bertz CT molecular complexity index is 234. The first-order chi connectivity index (χ1) is 5.96. The fourth-order valence-electron chi connectivity index (χ4n) is 2.30.